The number of nitrogens with zero attached hydrogens (tertiary/aromatic N) is 3. The predicted molar refractivity (Wildman–Crippen MR) is 75.0 cm³/mol. The molecule has 0 aliphatic rings. The molecule has 0 aromatic carbocycles. The molecule has 0 fully saturated rings. The quantitative estimate of drug-likeness (QED) is 0.898. The van der Waals surface area contributed by atoms with E-state index < -0.39 is 0 Å². The summed E-state index contributed by atoms with van der Waals surface area (Å²) < 4.78 is 1.66. The number of hydrogen-bond donors (Lipinski definition) is 1. The van der Waals surface area contributed by atoms with Crippen LogP contribution in [-0.4, -0.2) is 45.4 Å². The Balaban J connectivity index is 3.04. The van der Waals surface area contributed by atoms with Crippen LogP contribution < -0.4 is 0 Å². The van der Waals surface area contributed by atoms with Gasteiger partial charge in [0, 0.05) is 20.3 Å². The van der Waals surface area contributed by atoms with Crippen molar-refractivity contribution < 1.29 is 9.90 Å². The van der Waals surface area contributed by atoms with E-state index in [0.717, 1.165) is 12.1 Å². The van der Waals surface area contributed by atoms with Gasteiger partial charge in [0.1, 0.15) is 0 Å². The maximum atomic E-state index is 12.5. The second-order valence-electron chi connectivity index (χ2n) is 6.00. The smallest absolute Gasteiger partial charge is 0.257 e. The highest BCUT2D eigenvalue weighted by atomic mass is 16.3. The minimum atomic E-state index is -0.218. The van der Waals surface area contributed by atoms with E-state index in [4.69, 9.17) is 0 Å². The summed E-state index contributed by atoms with van der Waals surface area (Å²) in [5.41, 5.74) is 1.24. The first-order chi connectivity index (χ1) is 8.72. The summed E-state index contributed by atoms with van der Waals surface area (Å²) in [4.78, 5) is 14.2. The van der Waals surface area contributed by atoms with E-state index in [9.17, 15) is 9.90 Å². The Kier molecular flexibility index (Phi) is 4.74. The van der Waals surface area contributed by atoms with Gasteiger partial charge in [-0.25, -0.2) is 0 Å². The van der Waals surface area contributed by atoms with E-state index in [0.29, 0.717) is 5.56 Å². The van der Waals surface area contributed by atoms with Crippen LogP contribution >= 0.6 is 0 Å². The molecule has 1 aromatic heterocycles. The van der Waals surface area contributed by atoms with Gasteiger partial charge in [-0.1, -0.05) is 27.7 Å². The fourth-order valence-electron chi connectivity index (χ4n) is 2.28. The molecule has 0 saturated heterocycles. The van der Waals surface area contributed by atoms with Crippen molar-refractivity contribution in [2.75, 3.05) is 13.7 Å². The number of aliphatic hydroxyl groups excluding tert-OH is 1. The van der Waals surface area contributed by atoms with Gasteiger partial charge in [0.15, 0.2) is 0 Å². The van der Waals surface area contributed by atoms with Crippen molar-refractivity contribution in [2.45, 2.75) is 40.2 Å². The van der Waals surface area contributed by atoms with Crippen molar-refractivity contribution in [3.63, 3.8) is 0 Å². The van der Waals surface area contributed by atoms with Gasteiger partial charge >= 0.3 is 0 Å². The van der Waals surface area contributed by atoms with E-state index in [1.54, 1.807) is 22.8 Å². The minimum absolute atomic E-state index is 0.0482. The van der Waals surface area contributed by atoms with Crippen molar-refractivity contribution in [2.24, 2.45) is 12.5 Å². The first-order valence-corrected chi connectivity index (χ1v) is 6.62. The molecule has 1 aromatic rings. The van der Waals surface area contributed by atoms with Crippen LogP contribution in [0.25, 0.3) is 0 Å². The first-order valence-electron chi connectivity index (χ1n) is 6.62. The Labute approximate surface area is 115 Å². The Bertz CT molecular complexity index is 446. The van der Waals surface area contributed by atoms with Crippen LogP contribution in [0.15, 0.2) is 6.20 Å². The van der Waals surface area contributed by atoms with Gasteiger partial charge in [-0.3, -0.25) is 9.48 Å². The Morgan fingerprint density at radius 2 is 2.11 bits per heavy atom. The van der Waals surface area contributed by atoms with Crippen LogP contribution in [-0.2, 0) is 13.5 Å². The van der Waals surface area contributed by atoms with Gasteiger partial charge in [-0.15, -0.1) is 0 Å². The summed E-state index contributed by atoms with van der Waals surface area (Å²) in [5.74, 6) is -0.0843. The number of aryl methyl sites for hydroxylation is 2. The minimum Gasteiger partial charge on any atom is -0.394 e. The zero-order valence-corrected chi connectivity index (χ0v) is 12.8. The average molecular weight is 267 g/mol. The molecule has 1 rings (SSSR count). The van der Waals surface area contributed by atoms with Gasteiger partial charge in [0.2, 0.25) is 0 Å². The molecule has 0 aliphatic heterocycles. The molecule has 1 heterocycles. The van der Waals surface area contributed by atoms with Gasteiger partial charge in [0.25, 0.3) is 5.91 Å². The highest BCUT2D eigenvalue weighted by Crippen LogP contribution is 2.25. The largest absolute Gasteiger partial charge is 0.394 e. The van der Waals surface area contributed by atoms with Crippen LogP contribution in [0.3, 0.4) is 0 Å². The van der Waals surface area contributed by atoms with Gasteiger partial charge in [0.05, 0.1) is 23.9 Å². The molecular formula is C14H25N3O2. The zero-order valence-electron chi connectivity index (χ0n) is 12.8. The van der Waals surface area contributed by atoms with Crippen LogP contribution in [0, 0.1) is 5.41 Å². The first kappa shape index (κ1) is 15.7. The predicted octanol–water partition coefficient (Wildman–Crippen LogP) is 1.46. The van der Waals surface area contributed by atoms with E-state index in [2.05, 4.69) is 5.10 Å². The van der Waals surface area contributed by atoms with Gasteiger partial charge < -0.3 is 10.0 Å². The number of amides is 1. The van der Waals surface area contributed by atoms with E-state index in [1.165, 1.54) is 0 Å². The van der Waals surface area contributed by atoms with E-state index >= 15 is 0 Å². The molecule has 1 N–H and O–H groups in total. The maximum Gasteiger partial charge on any atom is 0.257 e. The Morgan fingerprint density at radius 3 is 2.53 bits per heavy atom. The van der Waals surface area contributed by atoms with E-state index in [-0.39, 0.29) is 24.0 Å². The standard InChI is InChI=1S/C14H25N3O2/c1-7-11-10(8-16(5)15-11)13(19)17(6)12(9-18)14(2,3)4/h8,12,18H,7,9H2,1-6H3/t12-/m0/s1. The molecule has 1 atom stereocenters. The number of aliphatic hydroxyl groups is 1. The molecule has 108 valence electrons. The number of carbonyl (C=O) groups is 1. The topological polar surface area (TPSA) is 58.4 Å². The van der Waals surface area contributed by atoms with Crippen molar-refractivity contribution in [1.82, 2.24) is 14.7 Å². The fraction of sp³-hybridized carbons (Fsp3) is 0.714. The van der Waals surface area contributed by atoms with Crippen LogP contribution in [0.1, 0.15) is 43.7 Å². The third-order valence-corrected chi connectivity index (χ3v) is 3.43. The highest BCUT2D eigenvalue weighted by molar-refractivity contribution is 5.95. The SMILES string of the molecule is CCc1nn(C)cc1C(=O)N(C)[C@@H](CO)C(C)(C)C. The van der Waals surface area contributed by atoms with Crippen LogP contribution in [0.4, 0.5) is 0 Å². The molecule has 0 saturated carbocycles. The lowest BCUT2D eigenvalue weighted by Crippen LogP contribution is -2.47. The monoisotopic (exact) mass is 267 g/mol. The summed E-state index contributed by atoms with van der Waals surface area (Å²) in [6.07, 6.45) is 2.46. The number of hydrogen-bond acceptors (Lipinski definition) is 3. The van der Waals surface area contributed by atoms with Gasteiger partial charge in [-0.2, -0.15) is 5.10 Å². The second kappa shape index (κ2) is 5.74. The molecule has 0 aliphatic carbocycles. The number of aromatic nitrogens is 2. The lowest BCUT2D eigenvalue weighted by molar-refractivity contribution is 0.0433. The van der Waals surface area contributed by atoms with Crippen LogP contribution in [0.2, 0.25) is 0 Å². The summed E-state index contributed by atoms with van der Waals surface area (Å²) in [6, 6.07) is -0.218. The van der Waals surface area contributed by atoms with Crippen molar-refractivity contribution in [3.05, 3.63) is 17.5 Å². The molecule has 0 unspecified atom stereocenters. The van der Waals surface area contributed by atoms with Crippen molar-refractivity contribution in [3.8, 4) is 0 Å². The summed E-state index contributed by atoms with van der Waals surface area (Å²) in [7, 11) is 3.55. The molecule has 19 heavy (non-hydrogen) atoms. The fourth-order valence-corrected chi connectivity index (χ4v) is 2.28. The molecule has 0 spiro atoms. The summed E-state index contributed by atoms with van der Waals surface area (Å²) in [5, 5.41) is 13.8. The lowest BCUT2D eigenvalue weighted by Gasteiger charge is -2.36. The van der Waals surface area contributed by atoms with Gasteiger partial charge in [-0.05, 0) is 11.8 Å². The van der Waals surface area contributed by atoms with Crippen molar-refractivity contribution >= 4 is 5.91 Å². The number of rotatable bonds is 4. The van der Waals surface area contributed by atoms with Crippen molar-refractivity contribution in [1.29, 1.82) is 0 Å². The summed E-state index contributed by atoms with van der Waals surface area (Å²) >= 11 is 0. The molecule has 5 nitrogen and oxygen atoms in total. The number of likely N-dealkylation sites (N-methyl/N-ethyl adjacent to an activating group) is 1. The average Bonchev–Trinajstić information content (AvgIpc) is 2.68. The normalized spacial score (nSPS) is 13.4. The zero-order chi connectivity index (χ0) is 14.8. The summed E-state index contributed by atoms with van der Waals surface area (Å²) in [6.45, 7) is 7.98. The number of carbonyl (C=O) groups excluding carboxylic acids is 1. The second-order valence-corrected chi connectivity index (χ2v) is 6.00. The third-order valence-electron chi connectivity index (χ3n) is 3.43. The Morgan fingerprint density at radius 1 is 1.53 bits per heavy atom. The van der Waals surface area contributed by atoms with Crippen LogP contribution in [0.5, 0.6) is 0 Å². The Hall–Kier alpha value is -1.36. The molecule has 0 radical (unpaired) electrons. The lowest BCUT2D eigenvalue weighted by atomic mass is 9.86. The maximum absolute atomic E-state index is 12.5. The third kappa shape index (κ3) is 3.35. The van der Waals surface area contributed by atoms with E-state index in [1.807, 2.05) is 34.7 Å². The molecular weight excluding hydrogens is 242 g/mol. The molecule has 5 heteroatoms. The highest BCUT2D eigenvalue weighted by Gasteiger charge is 2.32. The molecule has 0 bridgehead atoms. The molecule has 1 amide bonds.